The molecule has 0 unspecified atom stereocenters. The number of piperazine rings is 1. The fraction of sp³-hybridized carbons (Fsp3) is 0.368. The second-order valence-corrected chi connectivity index (χ2v) is 6.18. The van der Waals surface area contributed by atoms with E-state index in [1.165, 1.54) is 0 Å². The molecule has 7 heteroatoms. The van der Waals surface area contributed by atoms with Gasteiger partial charge in [-0.1, -0.05) is 12.1 Å². The number of hydrogen-bond acceptors (Lipinski definition) is 4. The number of amides is 1. The van der Waals surface area contributed by atoms with Gasteiger partial charge in [0.25, 0.3) is 5.91 Å². The van der Waals surface area contributed by atoms with E-state index < -0.39 is 0 Å². The summed E-state index contributed by atoms with van der Waals surface area (Å²) in [5.41, 5.74) is 2.65. The normalized spacial score (nSPS) is 16.2. The van der Waals surface area contributed by atoms with Crippen molar-refractivity contribution >= 4 is 30.7 Å². The fourth-order valence-electron chi connectivity index (χ4n) is 2.81. The Morgan fingerprint density at radius 1 is 1.31 bits per heavy atom. The molecule has 1 atom stereocenters. The van der Waals surface area contributed by atoms with Crippen LogP contribution in [0.15, 0.2) is 42.6 Å². The second kappa shape index (κ2) is 10.4. The van der Waals surface area contributed by atoms with Crippen LogP contribution < -0.4 is 10.1 Å². The quantitative estimate of drug-likeness (QED) is 0.859. The van der Waals surface area contributed by atoms with Gasteiger partial charge in [-0.15, -0.1) is 24.8 Å². The molecule has 5 nitrogen and oxygen atoms in total. The molecule has 2 heterocycles. The van der Waals surface area contributed by atoms with Crippen LogP contribution in [0.2, 0.25) is 0 Å². The molecular formula is C19H25Cl2N3O2. The number of nitrogens with zero attached hydrogens (tertiary/aromatic N) is 2. The van der Waals surface area contributed by atoms with Crippen molar-refractivity contribution in [1.29, 1.82) is 0 Å². The van der Waals surface area contributed by atoms with Crippen molar-refractivity contribution in [2.75, 3.05) is 19.6 Å². The third-order valence-electron chi connectivity index (χ3n) is 4.23. The van der Waals surface area contributed by atoms with Gasteiger partial charge in [0, 0.05) is 36.9 Å². The minimum Gasteiger partial charge on any atom is -0.487 e. The number of rotatable bonds is 4. The Morgan fingerprint density at radius 3 is 2.81 bits per heavy atom. The van der Waals surface area contributed by atoms with Gasteiger partial charge in [-0.2, -0.15) is 0 Å². The number of carbonyl (C=O) groups is 1. The average molecular weight is 398 g/mol. The number of ether oxygens (including phenoxy) is 1. The lowest BCUT2D eigenvalue weighted by molar-refractivity contribution is 0.0655. The smallest absolute Gasteiger partial charge is 0.254 e. The molecule has 1 fully saturated rings. The summed E-state index contributed by atoms with van der Waals surface area (Å²) in [6, 6.07) is 11.7. The third kappa shape index (κ3) is 5.59. The van der Waals surface area contributed by atoms with E-state index in [9.17, 15) is 4.79 Å². The van der Waals surface area contributed by atoms with Crippen molar-refractivity contribution in [1.82, 2.24) is 15.2 Å². The molecule has 0 bridgehead atoms. The summed E-state index contributed by atoms with van der Waals surface area (Å²) < 4.78 is 5.75. The second-order valence-electron chi connectivity index (χ2n) is 6.18. The van der Waals surface area contributed by atoms with Crippen LogP contribution >= 0.6 is 24.8 Å². The maximum Gasteiger partial charge on any atom is 0.254 e. The summed E-state index contributed by atoms with van der Waals surface area (Å²) in [5.74, 6) is 0.816. The molecule has 1 saturated heterocycles. The maximum absolute atomic E-state index is 12.7. The lowest BCUT2D eigenvalue weighted by atomic mass is 10.1. The molecule has 0 radical (unpaired) electrons. The zero-order valence-corrected chi connectivity index (χ0v) is 16.6. The molecule has 1 aliphatic rings. The van der Waals surface area contributed by atoms with Crippen molar-refractivity contribution in [3.05, 3.63) is 59.4 Å². The van der Waals surface area contributed by atoms with E-state index in [1.54, 1.807) is 6.20 Å². The fourth-order valence-corrected chi connectivity index (χ4v) is 2.81. The predicted molar refractivity (Wildman–Crippen MR) is 108 cm³/mol. The molecule has 0 spiro atoms. The van der Waals surface area contributed by atoms with Crippen LogP contribution in [-0.4, -0.2) is 41.5 Å². The molecule has 1 aromatic heterocycles. The Kier molecular flexibility index (Phi) is 8.85. The molecule has 0 aliphatic carbocycles. The van der Waals surface area contributed by atoms with Crippen LogP contribution in [0.3, 0.4) is 0 Å². The molecular weight excluding hydrogens is 373 g/mol. The van der Waals surface area contributed by atoms with Crippen molar-refractivity contribution in [2.24, 2.45) is 0 Å². The van der Waals surface area contributed by atoms with Crippen LogP contribution in [0.4, 0.5) is 0 Å². The van der Waals surface area contributed by atoms with Crippen LogP contribution in [0, 0.1) is 6.92 Å². The lowest BCUT2D eigenvalue weighted by Crippen LogP contribution is -2.52. The number of halogens is 2. The molecule has 26 heavy (non-hydrogen) atoms. The van der Waals surface area contributed by atoms with Gasteiger partial charge in [0.05, 0.1) is 6.20 Å². The predicted octanol–water partition coefficient (Wildman–Crippen LogP) is 3.25. The van der Waals surface area contributed by atoms with Gasteiger partial charge in [-0.05, 0) is 43.7 Å². The lowest BCUT2D eigenvalue weighted by Gasteiger charge is -2.34. The molecule has 0 saturated carbocycles. The van der Waals surface area contributed by atoms with E-state index in [2.05, 4.69) is 17.2 Å². The van der Waals surface area contributed by atoms with E-state index in [4.69, 9.17) is 4.74 Å². The first-order valence-corrected chi connectivity index (χ1v) is 8.29. The van der Waals surface area contributed by atoms with E-state index in [0.717, 1.165) is 36.6 Å². The summed E-state index contributed by atoms with van der Waals surface area (Å²) in [4.78, 5) is 18.9. The van der Waals surface area contributed by atoms with Gasteiger partial charge in [-0.3, -0.25) is 9.78 Å². The average Bonchev–Trinajstić information content (AvgIpc) is 2.61. The largest absolute Gasteiger partial charge is 0.487 e. The Morgan fingerprint density at radius 2 is 2.12 bits per heavy atom. The topological polar surface area (TPSA) is 54.5 Å². The van der Waals surface area contributed by atoms with E-state index in [1.807, 2.05) is 48.2 Å². The number of benzene rings is 1. The Balaban J connectivity index is 0.00000169. The summed E-state index contributed by atoms with van der Waals surface area (Å²) in [5, 5.41) is 3.30. The van der Waals surface area contributed by atoms with Gasteiger partial charge in [0.1, 0.15) is 12.4 Å². The molecule has 1 aliphatic heterocycles. The molecule has 1 N–H and O–H groups in total. The van der Waals surface area contributed by atoms with Crippen molar-refractivity contribution < 1.29 is 9.53 Å². The number of pyridine rings is 1. The Hall–Kier alpha value is -1.82. The molecule has 2 aromatic rings. The van der Waals surface area contributed by atoms with E-state index in [0.29, 0.717) is 12.2 Å². The SMILES string of the molecule is Cc1ccc(OCc2cccc(C(=O)N3CCNC[C@H]3C)c2)cn1.Cl.Cl. The summed E-state index contributed by atoms with van der Waals surface area (Å²) in [7, 11) is 0. The first kappa shape index (κ1) is 22.2. The number of hydrogen-bond donors (Lipinski definition) is 1. The summed E-state index contributed by atoms with van der Waals surface area (Å²) in [6.07, 6.45) is 1.72. The molecule has 142 valence electrons. The monoisotopic (exact) mass is 397 g/mol. The molecule has 1 amide bonds. The van der Waals surface area contributed by atoms with E-state index >= 15 is 0 Å². The Labute approximate surface area is 167 Å². The number of nitrogens with one attached hydrogen (secondary N) is 1. The first-order chi connectivity index (χ1) is 11.6. The maximum atomic E-state index is 12.7. The van der Waals surface area contributed by atoms with Crippen LogP contribution in [0.25, 0.3) is 0 Å². The highest BCUT2D eigenvalue weighted by Gasteiger charge is 2.24. The number of carbonyl (C=O) groups excluding carboxylic acids is 1. The van der Waals surface area contributed by atoms with Gasteiger partial charge < -0.3 is 15.0 Å². The zero-order valence-electron chi connectivity index (χ0n) is 15.0. The Bertz CT molecular complexity index is 710. The minimum atomic E-state index is 0. The molecule has 1 aromatic carbocycles. The van der Waals surface area contributed by atoms with Crippen molar-refractivity contribution in [2.45, 2.75) is 26.5 Å². The van der Waals surface area contributed by atoms with Gasteiger partial charge >= 0.3 is 0 Å². The number of aryl methyl sites for hydroxylation is 1. The number of aromatic nitrogens is 1. The van der Waals surface area contributed by atoms with Gasteiger partial charge in [-0.25, -0.2) is 0 Å². The van der Waals surface area contributed by atoms with Gasteiger partial charge in [0.15, 0.2) is 0 Å². The standard InChI is InChI=1S/C19H23N3O2.2ClH/c1-14-6-7-18(12-21-14)24-13-16-4-3-5-17(10-16)19(23)22-9-8-20-11-15(22)2;;/h3-7,10,12,15,20H,8-9,11,13H2,1-2H3;2*1H/t15-;;/m1../s1. The third-order valence-corrected chi connectivity index (χ3v) is 4.23. The van der Waals surface area contributed by atoms with Crippen molar-refractivity contribution in [3.8, 4) is 5.75 Å². The van der Waals surface area contributed by atoms with E-state index in [-0.39, 0.29) is 36.8 Å². The summed E-state index contributed by atoms with van der Waals surface area (Å²) in [6.45, 7) is 6.87. The molecule has 3 rings (SSSR count). The van der Waals surface area contributed by atoms with Crippen molar-refractivity contribution in [3.63, 3.8) is 0 Å². The highest BCUT2D eigenvalue weighted by molar-refractivity contribution is 5.94. The highest BCUT2D eigenvalue weighted by atomic mass is 35.5. The van der Waals surface area contributed by atoms with Crippen LogP contribution in [0.5, 0.6) is 5.75 Å². The van der Waals surface area contributed by atoms with Crippen LogP contribution in [0.1, 0.15) is 28.5 Å². The summed E-state index contributed by atoms with van der Waals surface area (Å²) >= 11 is 0. The zero-order chi connectivity index (χ0) is 16.9. The first-order valence-electron chi connectivity index (χ1n) is 8.29. The minimum absolute atomic E-state index is 0. The van der Waals surface area contributed by atoms with Gasteiger partial charge in [0.2, 0.25) is 0 Å². The highest BCUT2D eigenvalue weighted by Crippen LogP contribution is 2.15. The van der Waals surface area contributed by atoms with Crippen LogP contribution in [-0.2, 0) is 6.61 Å².